The Morgan fingerprint density at radius 1 is 1.12 bits per heavy atom. The summed E-state index contributed by atoms with van der Waals surface area (Å²) < 4.78 is 26.8. The maximum absolute atomic E-state index is 13.4. The fourth-order valence-corrected chi connectivity index (χ4v) is 4.42. The number of hydrogen-bond donors (Lipinski definition) is 1. The molecule has 0 aliphatic carbocycles. The molecule has 174 valence electrons. The first-order chi connectivity index (χ1) is 15.0. The molecular formula is C23H30BrN3O4S. The monoisotopic (exact) mass is 523 g/mol. The van der Waals surface area contributed by atoms with Gasteiger partial charge in [0.25, 0.3) is 0 Å². The van der Waals surface area contributed by atoms with Crippen LogP contribution in [-0.4, -0.2) is 50.5 Å². The molecule has 0 unspecified atom stereocenters. The van der Waals surface area contributed by atoms with E-state index < -0.39 is 28.5 Å². The molecule has 2 aromatic rings. The van der Waals surface area contributed by atoms with Crippen molar-refractivity contribution >= 4 is 43.5 Å². The van der Waals surface area contributed by atoms with Gasteiger partial charge in [-0.05, 0) is 49.6 Å². The molecule has 0 heterocycles. The van der Waals surface area contributed by atoms with Gasteiger partial charge in [-0.2, -0.15) is 0 Å². The van der Waals surface area contributed by atoms with E-state index in [1.54, 1.807) is 31.2 Å². The summed E-state index contributed by atoms with van der Waals surface area (Å²) in [4.78, 5) is 27.5. The molecular weight excluding hydrogens is 494 g/mol. The standard InChI is InChI=1S/C23H30BrN3O4S/c1-5-13-25-23(29)18(3)26(15-19-10-7-6-9-17(19)2)22(28)16-27(32(4,30)31)21-12-8-11-20(24)14-21/h6-12,14,18H,5,13,15-16H2,1-4H3,(H,25,29)/t18-/m1/s1. The molecule has 0 fully saturated rings. The average molecular weight is 524 g/mol. The summed E-state index contributed by atoms with van der Waals surface area (Å²) >= 11 is 3.34. The number of nitrogens with one attached hydrogen (secondary N) is 1. The first-order valence-corrected chi connectivity index (χ1v) is 13.0. The summed E-state index contributed by atoms with van der Waals surface area (Å²) in [7, 11) is -3.74. The molecule has 2 aromatic carbocycles. The number of rotatable bonds is 10. The van der Waals surface area contributed by atoms with Gasteiger partial charge in [-0.1, -0.05) is 53.2 Å². The molecule has 7 nitrogen and oxygen atoms in total. The number of halogens is 1. The van der Waals surface area contributed by atoms with Crippen molar-refractivity contribution in [3.63, 3.8) is 0 Å². The van der Waals surface area contributed by atoms with Crippen molar-refractivity contribution in [2.75, 3.05) is 23.7 Å². The lowest BCUT2D eigenvalue weighted by Gasteiger charge is -2.32. The van der Waals surface area contributed by atoms with Gasteiger partial charge in [0.1, 0.15) is 12.6 Å². The second kappa shape index (κ2) is 11.5. The molecule has 0 saturated heterocycles. The third kappa shape index (κ3) is 7.06. The minimum absolute atomic E-state index is 0.197. The first kappa shape index (κ1) is 25.9. The molecule has 2 amide bonds. The van der Waals surface area contributed by atoms with Gasteiger partial charge in [0, 0.05) is 17.6 Å². The summed E-state index contributed by atoms with van der Waals surface area (Å²) in [6.45, 7) is 5.83. The Morgan fingerprint density at radius 2 is 1.81 bits per heavy atom. The van der Waals surface area contributed by atoms with Crippen LogP contribution in [0.5, 0.6) is 0 Å². The largest absolute Gasteiger partial charge is 0.354 e. The van der Waals surface area contributed by atoms with Crippen LogP contribution in [0.25, 0.3) is 0 Å². The Kier molecular flexibility index (Phi) is 9.27. The average Bonchev–Trinajstić information content (AvgIpc) is 2.73. The highest BCUT2D eigenvalue weighted by atomic mass is 79.9. The van der Waals surface area contributed by atoms with Gasteiger partial charge < -0.3 is 10.2 Å². The molecule has 0 saturated carbocycles. The van der Waals surface area contributed by atoms with E-state index in [2.05, 4.69) is 21.2 Å². The van der Waals surface area contributed by atoms with Crippen LogP contribution in [-0.2, 0) is 26.2 Å². The van der Waals surface area contributed by atoms with Gasteiger partial charge >= 0.3 is 0 Å². The molecule has 0 aliphatic rings. The lowest BCUT2D eigenvalue weighted by molar-refractivity contribution is -0.139. The fourth-order valence-electron chi connectivity index (χ4n) is 3.19. The van der Waals surface area contributed by atoms with E-state index in [0.29, 0.717) is 16.7 Å². The smallest absolute Gasteiger partial charge is 0.244 e. The van der Waals surface area contributed by atoms with E-state index >= 15 is 0 Å². The minimum atomic E-state index is -3.74. The minimum Gasteiger partial charge on any atom is -0.354 e. The SMILES string of the molecule is CCCNC(=O)[C@@H](C)N(Cc1ccccc1C)C(=O)CN(c1cccc(Br)c1)S(C)(=O)=O. The highest BCUT2D eigenvalue weighted by molar-refractivity contribution is 9.10. The van der Waals surface area contributed by atoms with Crippen LogP contribution in [0.1, 0.15) is 31.4 Å². The molecule has 9 heteroatoms. The molecule has 1 atom stereocenters. The molecule has 0 radical (unpaired) electrons. The second-order valence-corrected chi connectivity index (χ2v) is 10.5. The first-order valence-electron chi connectivity index (χ1n) is 10.4. The molecule has 0 spiro atoms. The van der Waals surface area contributed by atoms with Crippen molar-refractivity contribution in [1.29, 1.82) is 0 Å². The van der Waals surface area contributed by atoms with Gasteiger partial charge in [-0.3, -0.25) is 13.9 Å². The zero-order chi connectivity index (χ0) is 23.9. The number of hydrogen-bond acceptors (Lipinski definition) is 4. The molecule has 32 heavy (non-hydrogen) atoms. The maximum Gasteiger partial charge on any atom is 0.244 e. The topological polar surface area (TPSA) is 86.8 Å². The van der Waals surface area contributed by atoms with Crippen LogP contribution in [0, 0.1) is 6.92 Å². The number of amides is 2. The second-order valence-electron chi connectivity index (χ2n) is 7.66. The molecule has 0 aromatic heterocycles. The number of nitrogens with zero attached hydrogens (tertiary/aromatic N) is 2. The number of aryl methyl sites for hydroxylation is 1. The number of sulfonamides is 1. The zero-order valence-electron chi connectivity index (χ0n) is 18.8. The van der Waals surface area contributed by atoms with Crippen molar-refractivity contribution in [2.24, 2.45) is 0 Å². The van der Waals surface area contributed by atoms with Gasteiger partial charge in [0.15, 0.2) is 0 Å². The summed E-state index contributed by atoms with van der Waals surface area (Å²) in [5, 5.41) is 2.82. The summed E-state index contributed by atoms with van der Waals surface area (Å²) in [5.74, 6) is -0.736. The van der Waals surface area contributed by atoms with Gasteiger partial charge in [-0.25, -0.2) is 8.42 Å². The van der Waals surface area contributed by atoms with Crippen LogP contribution in [0.15, 0.2) is 53.0 Å². The number of benzene rings is 2. The van der Waals surface area contributed by atoms with E-state index in [4.69, 9.17) is 0 Å². The van der Waals surface area contributed by atoms with Crippen molar-refractivity contribution in [3.8, 4) is 0 Å². The predicted octanol–water partition coefficient (Wildman–Crippen LogP) is 3.47. The van der Waals surface area contributed by atoms with Crippen molar-refractivity contribution in [3.05, 3.63) is 64.1 Å². The van der Waals surface area contributed by atoms with Crippen LogP contribution in [0.4, 0.5) is 5.69 Å². The summed E-state index contributed by atoms with van der Waals surface area (Å²) in [5.41, 5.74) is 2.25. The Hall–Kier alpha value is -2.39. The highest BCUT2D eigenvalue weighted by Crippen LogP contribution is 2.23. The number of anilines is 1. The van der Waals surface area contributed by atoms with Crippen LogP contribution >= 0.6 is 15.9 Å². The molecule has 2 rings (SSSR count). The molecule has 0 aliphatic heterocycles. The number of carbonyl (C=O) groups is 2. The lowest BCUT2D eigenvalue weighted by Crippen LogP contribution is -2.51. The number of carbonyl (C=O) groups excluding carboxylic acids is 2. The van der Waals surface area contributed by atoms with Crippen molar-refractivity contribution in [2.45, 2.75) is 39.8 Å². The lowest BCUT2D eigenvalue weighted by atomic mass is 10.1. The fraction of sp³-hybridized carbons (Fsp3) is 0.391. The van der Waals surface area contributed by atoms with E-state index in [-0.39, 0.29) is 12.5 Å². The normalized spacial score (nSPS) is 12.2. The van der Waals surface area contributed by atoms with Crippen molar-refractivity contribution < 1.29 is 18.0 Å². The maximum atomic E-state index is 13.4. The predicted molar refractivity (Wildman–Crippen MR) is 131 cm³/mol. The van der Waals surface area contributed by atoms with Crippen LogP contribution in [0.2, 0.25) is 0 Å². The Balaban J connectivity index is 2.38. The van der Waals surface area contributed by atoms with Crippen LogP contribution in [0.3, 0.4) is 0 Å². The van der Waals surface area contributed by atoms with Gasteiger partial charge in [0.2, 0.25) is 21.8 Å². The van der Waals surface area contributed by atoms with E-state index in [0.717, 1.165) is 28.1 Å². The quantitative estimate of drug-likeness (QED) is 0.516. The Labute approximate surface area is 199 Å². The van der Waals surface area contributed by atoms with E-state index in [1.807, 2.05) is 38.1 Å². The highest BCUT2D eigenvalue weighted by Gasteiger charge is 2.30. The third-order valence-electron chi connectivity index (χ3n) is 5.09. The third-order valence-corrected chi connectivity index (χ3v) is 6.73. The van der Waals surface area contributed by atoms with Crippen molar-refractivity contribution in [1.82, 2.24) is 10.2 Å². The Bertz CT molecular complexity index is 1060. The summed E-state index contributed by atoms with van der Waals surface area (Å²) in [6, 6.07) is 13.6. The van der Waals surface area contributed by atoms with Gasteiger partial charge in [-0.15, -0.1) is 0 Å². The summed E-state index contributed by atoms with van der Waals surface area (Å²) in [6.07, 6.45) is 1.83. The molecule has 1 N–H and O–H groups in total. The zero-order valence-corrected chi connectivity index (χ0v) is 21.2. The Morgan fingerprint density at radius 3 is 2.41 bits per heavy atom. The van der Waals surface area contributed by atoms with E-state index in [1.165, 1.54) is 4.90 Å². The van der Waals surface area contributed by atoms with Crippen LogP contribution < -0.4 is 9.62 Å². The molecule has 0 bridgehead atoms. The van der Waals surface area contributed by atoms with E-state index in [9.17, 15) is 18.0 Å². The van der Waals surface area contributed by atoms with Gasteiger partial charge in [0.05, 0.1) is 11.9 Å².